The summed E-state index contributed by atoms with van der Waals surface area (Å²) >= 11 is 1.45. The number of amides is 2. The second-order valence-electron chi connectivity index (χ2n) is 11.1. The molecular weight excluding hydrogens is 584 g/mol. The molecule has 6 rings (SSSR count). The van der Waals surface area contributed by atoms with Gasteiger partial charge in [0, 0.05) is 41.8 Å². The van der Waals surface area contributed by atoms with Gasteiger partial charge in [-0.3, -0.25) is 9.59 Å². The van der Waals surface area contributed by atoms with Crippen LogP contribution in [0.15, 0.2) is 85.3 Å². The topological polar surface area (TPSA) is 103 Å². The molecule has 10 heteroatoms. The van der Waals surface area contributed by atoms with E-state index in [1.807, 2.05) is 47.0 Å². The Labute approximate surface area is 266 Å². The van der Waals surface area contributed by atoms with Crippen LogP contribution in [0.4, 0.5) is 5.69 Å². The van der Waals surface area contributed by atoms with E-state index in [2.05, 4.69) is 21.3 Å². The lowest BCUT2D eigenvalue weighted by Crippen LogP contribution is -2.33. The lowest BCUT2D eigenvalue weighted by atomic mass is 10.1. The number of nitriles is 1. The van der Waals surface area contributed by atoms with Gasteiger partial charge < -0.3 is 24.4 Å². The largest absolute Gasteiger partial charge is 0.497 e. The van der Waals surface area contributed by atoms with Crippen LogP contribution in [0.1, 0.15) is 49.7 Å². The van der Waals surface area contributed by atoms with Crippen LogP contribution in [0.2, 0.25) is 0 Å². The number of imidazole rings is 1. The summed E-state index contributed by atoms with van der Waals surface area (Å²) < 4.78 is 8.37. The molecule has 45 heavy (non-hydrogen) atoms. The minimum absolute atomic E-state index is 0.0760. The Balaban J connectivity index is 1.27. The molecule has 1 N–H and O–H groups in total. The number of nitrogens with zero attached hydrogens (tertiary/aromatic N) is 5. The summed E-state index contributed by atoms with van der Waals surface area (Å²) in [6.45, 7) is 4.50. The van der Waals surface area contributed by atoms with Gasteiger partial charge >= 0.3 is 0 Å². The van der Waals surface area contributed by atoms with E-state index in [1.165, 1.54) is 24.2 Å². The average molecular weight is 619 g/mol. The third-order valence-corrected chi connectivity index (χ3v) is 9.18. The van der Waals surface area contributed by atoms with E-state index in [0.717, 1.165) is 41.0 Å². The first kappa shape index (κ1) is 30.1. The Morgan fingerprint density at radius 3 is 2.67 bits per heavy atom. The minimum atomic E-state index is -0.186. The molecule has 1 aliphatic heterocycles. The number of hydrogen-bond acceptors (Lipinski definition) is 7. The van der Waals surface area contributed by atoms with E-state index in [0.29, 0.717) is 40.5 Å². The highest BCUT2D eigenvalue weighted by atomic mass is 32.1. The number of benzene rings is 3. The summed E-state index contributed by atoms with van der Waals surface area (Å²) in [5, 5.41) is 13.1. The zero-order valence-electron chi connectivity index (χ0n) is 25.1. The summed E-state index contributed by atoms with van der Waals surface area (Å²) in [5.74, 6) is 0.336. The lowest BCUT2D eigenvalue weighted by molar-refractivity contribution is 0.0952. The van der Waals surface area contributed by atoms with Gasteiger partial charge in [0.2, 0.25) is 0 Å². The molecule has 0 unspecified atom stereocenters. The fourth-order valence-corrected chi connectivity index (χ4v) is 6.55. The van der Waals surface area contributed by atoms with Crippen LogP contribution in [0, 0.1) is 11.3 Å². The molecule has 1 fully saturated rings. The first-order chi connectivity index (χ1) is 22.0. The highest BCUT2D eigenvalue weighted by Gasteiger charge is 2.22. The monoisotopic (exact) mass is 618 g/mol. The number of anilines is 1. The van der Waals surface area contributed by atoms with E-state index < -0.39 is 0 Å². The van der Waals surface area contributed by atoms with Gasteiger partial charge in [0.25, 0.3) is 11.8 Å². The third kappa shape index (κ3) is 7.06. The number of likely N-dealkylation sites (tertiary alicyclic amines) is 1. The van der Waals surface area contributed by atoms with Crippen molar-refractivity contribution in [2.24, 2.45) is 0 Å². The van der Waals surface area contributed by atoms with Crippen molar-refractivity contribution in [1.29, 1.82) is 5.26 Å². The maximum Gasteiger partial charge on any atom is 0.261 e. The van der Waals surface area contributed by atoms with Crippen LogP contribution < -0.4 is 15.0 Å². The van der Waals surface area contributed by atoms with Crippen molar-refractivity contribution in [1.82, 2.24) is 19.8 Å². The Bertz CT molecular complexity index is 1850. The van der Waals surface area contributed by atoms with Crippen molar-refractivity contribution < 1.29 is 14.3 Å². The smallest absolute Gasteiger partial charge is 0.261 e. The molecule has 1 saturated heterocycles. The molecule has 2 amide bonds. The summed E-state index contributed by atoms with van der Waals surface area (Å²) in [7, 11) is 1.58. The van der Waals surface area contributed by atoms with Crippen LogP contribution in [-0.2, 0) is 13.1 Å². The number of carbonyl (C=O) groups excluding carboxylic acids is 2. The molecule has 1 aliphatic rings. The number of ether oxygens (including phenoxy) is 1. The second kappa shape index (κ2) is 13.8. The fraction of sp³-hybridized carbons (Fsp3) is 0.257. The van der Waals surface area contributed by atoms with E-state index >= 15 is 0 Å². The summed E-state index contributed by atoms with van der Waals surface area (Å²) in [4.78, 5) is 36.2. The maximum atomic E-state index is 14.1. The fourth-order valence-electron chi connectivity index (χ4n) is 5.59. The molecule has 0 saturated carbocycles. The Morgan fingerprint density at radius 1 is 1.07 bits per heavy atom. The zero-order valence-corrected chi connectivity index (χ0v) is 25.9. The van der Waals surface area contributed by atoms with E-state index in [1.54, 1.807) is 54.9 Å². The van der Waals surface area contributed by atoms with Crippen LogP contribution >= 0.6 is 11.3 Å². The Morgan fingerprint density at radius 2 is 1.89 bits per heavy atom. The zero-order chi connectivity index (χ0) is 31.2. The molecule has 0 aliphatic carbocycles. The molecule has 3 aromatic carbocycles. The van der Waals surface area contributed by atoms with Gasteiger partial charge in [-0.1, -0.05) is 18.2 Å². The van der Waals surface area contributed by atoms with Gasteiger partial charge in [-0.05, 0) is 91.5 Å². The minimum Gasteiger partial charge on any atom is -0.497 e. The van der Waals surface area contributed by atoms with Gasteiger partial charge in [-0.2, -0.15) is 5.26 Å². The van der Waals surface area contributed by atoms with Gasteiger partial charge in [0.15, 0.2) is 0 Å². The Kier molecular flexibility index (Phi) is 9.19. The van der Waals surface area contributed by atoms with E-state index in [4.69, 9.17) is 10.00 Å². The molecule has 9 nitrogen and oxygen atoms in total. The quantitative estimate of drug-likeness (QED) is 0.204. The van der Waals surface area contributed by atoms with Crippen molar-refractivity contribution in [3.8, 4) is 11.8 Å². The normalized spacial score (nSPS) is 13.1. The molecular formula is C35H34N6O3S. The molecule has 228 valence electrons. The molecule has 0 radical (unpaired) electrons. The summed E-state index contributed by atoms with van der Waals surface area (Å²) in [6, 6.07) is 24.5. The predicted molar refractivity (Wildman–Crippen MR) is 176 cm³/mol. The maximum absolute atomic E-state index is 14.1. The number of rotatable bonds is 11. The van der Waals surface area contributed by atoms with Crippen molar-refractivity contribution in [2.75, 3.05) is 38.2 Å². The number of thiophene rings is 1. The highest BCUT2D eigenvalue weighted by Crippen LogP contribution is 2.31. The second-order valence-corrected chi connectivity index (χ2v) is 12.2. The van der Waals surface area contributed by atoms with Crippen molar-refractivity contribution in [3.63, 3.8) is 0 Å². The lowest BCUT2D eigenvalue weighted by Gasteiger charge is -2.24. The predicted octanol–water partition coefficient (Wildman–Crippen LogP) is 5.70. The van der Waals surface area contributed by atoms with Gasteiger partial charge in [0.05, 0.1) is 42.2 Å². The van der Waals surface area contributed by atoms with Gasteiger partial charge in [0.1, 0.15) is 5.75 Å². The van der Waals surface area contributed by atoms with Gasteiger partial charge in [-0.15, -0.1) is 11.3 Å². The average Bonchev–Trinajstić information content (AvgIpc) is 3.85. The molecule has 2 aromatic heterocycles. The van der Waals surface area contributed by atoms with Crippen molar-refractivity contribution >= 4 is 38.9 Å². The third-order valence-electron chi connectivity index (χ3n) is 8.06. The molecule has 5 aromatic rings. The number of carbonyl (C=O) groups is 2. The number of aromatic nitrogens is 2. The van der Waals surface area contributed by atoms with Crippen molar-refractivity contribution in [3.05, 3.63) is 113 Å². The summed E-state index contributed by atoms with van der Waals surface area (Å²) in [6.07, 6.45) is 5.97. The highest BCUT2D eigenvalue weighted by molar-refractivity contribution is 7.20. The van der Waals surface area contributed by atoms with E-state index in [9.17, 15) is 9.59 Å². The SMILES string of the molecule is COc1cccc(C(=O)N(Cc2cncn2Cc2ccc(C#N)cc2)c2ccc3sc(C(=O)NCCN4CCCC4)cc3c2)c1. The molecule has 3 heterocycles. The number of fused-ring (bicyclic) bond motifs is 1. The van der Waals surface area contributed by atoms with Crippen molar-refractivity contribution in [2.45, 2.75) is 25.9 Å². The Hall–Kier alpha value is -4.98. The standard InChI is InChI=1S/C35H34N6O3S/c1-44-31-6-4-5-27(18-31)35(43)41(23-30-21-37-24-40(30)22-26-9-7-25(20-36)8-10-26)29-11-12-32-28(17-29)19-33(45-32)34(42)38-13-16-39-14-2-3-15-39/h4-12,17-19,21,24H,2-3,13-16,22-23H2,1H3,(H,38,42). The first-order valence-electron chi connectivity index (χ1n) is 15.0. The molecule has 0 atom stereocenters. The number of nitrogens with one attached hydrogen (secondary N) is 1. The van der Waals surface area contributed by atoms with Crippen LogP contribution in [-0.4, -0.2) is 59.6 Å². The first-order valence-corrected chi connectivity index (χ1v) is 15.8. The van der Waals surface area contributed by atoms with Crippen LogP contribution in [0.5, 0.6) is 5.75 Å². The van der Waals surface area contributed by atoms with E-state index in [-0.39, 0.29) is 18.4 Å². The van der Waals surface area contributed by atoms with Gasteiger partial charge in [-0.25, -0.2) is 4.98 Å². The summed E-state index contributed by atoms with van der Waals surface area (Å²) in [5.41, 5.74) is 3.67. The molecule has 0 bridgehead atoms. The number of methoxy groups -OCH3 is 1. The molecule has 0 spiro atoms. The number of hydrogen-bond donors (Lipinski definition) is 1. The van der Waals surface area contributed by atoms with Crippen LogP contribution in [0.3, 0.4) is 0 Å². The van der Waals surface area contributed by atoms with Crippen LogP contribution in [0.25, 0.3) is 10.1 Å².